The third-order valence-corrected chi connectivity index (χ3v) is 2.04. The lowest BCUT2D eigenvalue weighted by molar-refractivity contribution is 0.209. The largest absolute Gasteiger partial charge is 0.487 e. The van der Waals surface area contributed by atoms with Crippen molar-refractivity contribution in [2.75, 3.05) is 0 Å². The molecule has 1 aromatic rings. The highest BCUT2D eigenvalue weighted by atomic mass is 16.5. The Balaban J connectivity index is 2.58. The van der Waals surface area contributed by atoms with E-state index < -0.39 is 0 Å². The average molecular weight is 175 g/mol. The van der Waals surface area contributed by atoms with Crippen molar-refractivity contribution in [3.8, 4) is 0 Å². The molecule has 66 valence electrons. The molecule has 0 amide bonds. The molecule has 13 heavy (non-hydrogen) atoms. The highest BCUT2D eigenvalue weighted by Crippen LogP contribution is 2.21. The van der Waals surface area contributed by atoms with E-state index in [2.05, 4.69) is 11.7 Å². The van der Waals surface area contributed by atoms with Crippen LogP contribution < -0.4 is 0 Å². The molecule has 2 rings (SSSR count). The lowest BCUT2D eigenvalue weighted by Crippen LogP contribution is -2.16. The lowest BCUT2D eigenvalue weighted by Gasteiger charge is -2.19. The minimum atomic E-state index is 0.418. The third kappa shape index (κ3) is 1.18. The zero-order chi connectivity index (χ0) is 9.26. The van der Waals surface area contributed by atoms with E-state index in [1.807, 2.05) is 24.3 Å². The summed E-state index contributed by atoms with van der Waals surface area (Å²) < 4.78 is 5.22. The normalized spacial score (nSPS) is 18.2. The summed E-state index contributed by atoms with van der Waals surface area (Å²) in [6.45, 7) is 4.15. The number of nitrogens with zero attached hydrogens (tertiary/aromatic N) is 1. The molecule has 1 heterocycles. The standard InChI is InChI=1S/C10H9NO2/c1-7-10(11-12)9-5-3-2-4-8(9)6-13-7/h2-5,12H,1,6H2. The number of hydrogen-bond donors (Lipinski definition) is 1. The van der Waals surface area contributed by atoms with Gasteiger partial charge in [0.05, 0.1) is 0 Å². The van der Waals surface area contributed by atoms with Gasteiger partial charge in [0.1, 0.15) is 12.4 Å². The van der Waals surface area contributed by atoms with E-state index in [1.54, 1.807) is 0 Å². The molecule has 0 radical (unpaired) electrons. The lowest BCUT2D eigenvalue weighted by atomic mass is 10.0. The van der Waals surface area contributed by atoms with Crippen molar-refractivity contribution in [2.24, 2.45) is 5.16 Å². The summed E-state index contributed by atoms with van der Waals surface area (Å²) in [5.74, 6) is 0.418. The van der Waals surface area contributed by atoms with Crippen LogP contribution in [0, 0.1) is 0 Å². The van der Waals surface area contributed by atoms with Gasteiger partial charge in [0, 0.05) is 5.56 Å². The van der Waals surface area contributed by atoms with Gasteiger partial charge < -0.3 is 9.94 Å². The fourth-order valence-corrected chi connectivity index (χ4v) is 1.37. The molecule has 1 N–H and O–H groups in total. The maximum Gasteiger partial charge on any atom is 0.151 e. The van der Waals surface area contributed by atoms with Crippen molar-refractivity contribution in [1.29, 1.82) is 0 Å². The minimum Gasteiger partial charge on any atom is -0.487 e. The van der Waals surface area contributed by atoms with Gasteiger partial charge in [-0.05, 0) is 5.56 Å². The Bertz CT molecular complexity index is 382. The molecule has 3 heteroatoms. The van der Waals surface area contributed by atoms with Crippen molar-refractivity contribution in [3.05, 3.63) is 47.7 Å². The number of benzene rings is 1. The Morgan fingerprint density at radius 3 is 2.92 bits per heavy atom. The molecule has 0 aliphatic carbocycles. The summed E-state index contributed by atoms with van der Waals surface area (Å²) in [4.78, 5) is 0. The first-order valence-electron chi connectivity index (χ1n) is 3.95. The Morgan fingerprint density at radius 2 is 2.15 bits per heavy atom. The van der Waals surface area contributed by atoms with Crippen LogP contribution in [0.15, 0.2) is 41.8 Å². The van der Waals surface area contributed by atoms with Gasteiger partial charge in [-0.1, -0.05) is 36.0 Å². The Hall–Kier alpha value is -1.77. The summed E-state index contributed by atoms with van der Waals surface area (Å²) in [6.07, 6.45) is 0. The highest BCUT2D eigenvalue weighted by Gasteiger charge is 2.19. The molecule has 0 bridgehead atoms. The van der Waals surface area contributed by atoms with Gasteiger partial charge in [0.15, 0.2) is 5.71 Å². The smallest absolute Gasteiger partial charge is 0.151 e. The molecule has 0 saturated heterocycles. The van der Waals surface area contributed by atoms with E-state index in [-0.39, 0.29) is 0 Å². The first-order valence-corrected chi connectivity index (χ1v) is 3.95. The first-order chi connectivity index (χ1) is 6.33. The van der Waals surface area contributed by atoms with Crippen LogP contribution in [0.3, 0.4) is 0 Å². The number of fused-ring (bicyclic) bond motifs is 1. The Kier molecular flexibility index (Phi) is 1.77. The molecule has 3 nitrogen and oxygen atoms in total. The fraction of sp³-hybridized carbons (Fsp3) is 0.100. The van der Waals surface area contributed by atoms with Crippen LogP contribution in [-0.4, -0.2) is 10.9 Å². The van der Waals surface area contributed by atoms with E-state index in [9.17, 15) is 0 Å². The molecular weight excluding hydrogens is 166 g/mol. The van der Waals surface area contributed by atoms with Crippen LogP contribution in [0.25, 0.3) is 0 Å². The van der Waals surface area contributed by atoms with Gasteiger partial charge in [0.25, 0.3) is 0 Å². The van der Waals surface area contributed by atoms with Crippen molar-refractivity contribution in [3.63, 3.8) is 0 Å². The van der Waals surface area contributed by atoms with Crippen LogP contribution in [0.1, 0.15) is 11.1 Å². The van der Waals surface area contributed by atoms with Gasteiger partial charge in [0.2, 0.25) is 0 Å². The number of oxime groups is 1. The summed E-state index contributed by atoms with van der Waals surface area (Å²) >= 11 is 0. The SMILES string of the molecule is C=C1OCc2ccccc2C1=NO. The van der Waals surface area contributed by atoms with Crippen LogP contribution in [-0.2, 0) is 11.3 Å². The number of rotatable bonds is 0. The third-order valence-electron chi connectivity index (χ3n) is 2.04. The predicted octanol–water partition coefficient (Wildman–Crippen LogP) is 1.91. The van der Waals surface area contributed by atoms with Crippen LogP contribution in [0.2, 0.25) is 0 Å². The van der Waals surface area contributed by atoms with Crippen LogP contribution in [0.5, 0.6) is 0 Å². The first kappa shape index (κ1) is 7.86. The van der Waals surface area contributed by atoms with Crippen LogP contribution >= 0.6 is 0 Å². The zero-order valence-corrected chi connectivity index (χ0v) is 7.03. The second-order valence-corrected chi connectivity index (χ2v) is 2.82. The van der Waals surface area contributed by atoms with Gasteiger partial charge in [-0.2, -0.15) is 0 Å². The van der Waals surface area contributed by atoms with Gasteiger partial charge in [-0.15, -0.1) is 0 Å². The van der Waals surface area contributed by atoms with E-state index >= 15 is 0 Å². The molecular formula is C10H9NO2. The van der Waals surface area contributed by atoms with Gasteiger partial charge in [-0.25, -0.2) is 0 Å². The summed E-state index contributed by atoms with van der Waals surface area (Å²) in [5.41, 5.74) is 2.32. The fourth-order valence-electron chi connectivity index (χ4n) is 1.37. The second kappa shape index (κ2) is 2.94. The van der Waals surface area contributed by atoms with E-state index in [1.165, 1.54) is 0 Å². The summed E-state index contributed by atoms with van der Waals surface area (Å²) in [5, 5.41) is 11.9. The van der Waals surface area contributed by atoms with Crippen molar-refractivity contribution in [1.82, 2.24) is 0 Å². The molecule has 0 unspecified atom stereocenters. The summed E-state index contributed by atoms with van der Waals surface area (Å²) in [6, 6.07) is 7.64. The van der Waals surface area contributed by atoms with Crippen molar-refractivity contribution < 1.29 is 9.94 Å². The van der Waals surface area contributed by atoms with Crippen molar-refractivity contribution >= 4 is 5.71 Å². The quantitative estimate of drug-likeness (QED) is 0.483. The number of allylic oxidation sites excluding steroid dienone is 1. The molecule has 1 aliphatic heterocycles. The van der Waals surface area contributed by atoms with E-state index in [0.29, 0.717) is 18.1 Å². The zero-order valence-electron chi connectivity index (χ0n) is 7.03. The molecule has 0 spiro atoms. The average Bonchev–Trinajstić information content (AvgIpc) is 2.18. The maximum absolute atomic E-state index is 8.76. The van der Waals surface area contributed by atoms with E-state index in [0.717, 1.165) is 11.1 Å². The van der Waals surface area contributed by atoms with Crippen molar-refractivity contribution in [2.45, 2.75) is 6.61 Å². The summed E-state index contributed by atoms with van der Waals surface area (Å²) in [7, 11) is 0. The minimum absolute atomic E-state index is 0.418. The second-order valence-electron chi connectivity index (χ2n) is 2.82. The molecule has 0 aromatic heterocycles. The molecule has 0 saturated carbocycles. The van der Waals surface area contributed by atoms with Crippen LogP contribution in [0.4, 0.5) is 0 Å². The van der Waals surface area contributed by atoms with E-state index in [4.69, 9.17) is 9.94 Å². The highest BCUT2D eigenvalue weighted by molar-refractivity contribution is 6.12. The maximum atomic E-state index is 8.76. The molecule has 1 aliphatic rings. The molecule has 1 aromatic carbocycles. The number of hydrogen-bond acceptors (Lipinski definition) is 3. The molecule has 0 fully saturated rings. The van der Waals surface area contributed by atoms with Gasteiger partial charge >= 0.3 is 0 Å². The molecule has 0 atom stereocenters. The monoisotopic (exact) mass is 175 g/mol. The van der Waals surface area contributed by atoms with Gasteiger partial charge in [-0.3, -0.25) is 0 Å². The number of ether oxygens (including phenoxy) is 1. The predicted molar refractivity (Wildman–Crippen MR) is 48.7 cm³/mol. The topological polar surface area (TPSA) is 41.8 Å². The Morgan fingerprint density at radius 1 is 1.38 bits per heavy atom. The Labute approximate surface area is 76.0 Å².